The first-order valence-corrected chi connectivity index (χ1v) is 6.85. The number of amides is 1. The largest absolute Gasteiger partial charge is 0.451 e. The van der Waals surface area contributed by atoms with Crippen LogP contribution < -0.4 is 5.32 Å². The summed E-state index contributed by atoms with van der Waals surface area (Å²) in [5.74, 6) is -0.421. The van der Waals surface area contributed by atoms with Gasteiger partial charge in [0.2, 0.25) is 0 Å². The fraction of sp³-hybridized carbons (Fsp3) is 0.0909. The van der Waals surface area contributed by atoms with Crippen molar-refractivity contribution in [3.8, 4) is 0 Å². The van der Waals surface area contributed by atoms with Crippen LogP contribution in [0.25, 0.3) is 0 Å². The third-order valence-electron chi connectivity index (χ3n) is 2.21. The molecule has 1 amide bonds. The number of hydrogen-bond donors (Lipinski definition) is 1. The molecule has 0 unspecified atom stereocenters. The second kappa shape index (κ2) is 4.61. The van der Waals surface area contributed by atoms with E-state index in [-0.39, 0.29) is 10.6 Å². The van der Waals surface area contributed by atoms with Gasteiger partial charge in [-0.05, 0) is 24.3 Å². The van der Waals surface area contributed by atoms with E-state index in [0.29, 0.717) is 5.69 Å². The highest BCUT2D eigenvalue weighted by molar-refractivity contribution is 7.90. The molecule has 0 saturated carbocycles. The molecule has 1 heterocycles. The van der Waals surface area contributed by atoms with Gasteiger partial charge in [0.25, 0.3) is 5.91 Å². The van der Waals surface area contributed by atoms with E-state index in [1.165, 1.54) is 30.5 Å². The lowest BCUT2D eigenvalue weighted by Gasteiger charge is -2.03. The van der Waals surface area contributed by atoms with Crippen LogP contribution in [-0.2, 0) is 9.84 Å². The van der Waals surface area contributed by atoms with Gasteiger partial charge in [-0.15, -0.1) is 0 Å². The average Bonchev–Trinajstić information content (AvgIpc) is 2.82. The number of anilines is 1. The molecule has 0 fully saturated rings. The summed E-state index contributed by atoms with van der Waals surface area (Å²) in [6, 6.07) is 5.87. The topological polar surface area (TPSA) is 89.3 Å². The van der Waals surface area contributed by atoms with Crippen molar-refractivity contribution in [3.63, 3.8) is 0 Å². The van der Waals surface area contributed by atoms with Crippen molar-refractivity contribution in [1.82, 2.24) is 4.98 Å². The number of carbonyl (C=O) groups excluding carboxylic acids is 1. The number of aromatic nitrogens is 1. The lowest BCUT2D eigenvalue weighted by molar-refractivity contribution is 0.102. The lowest BCUT2D eigenvalue weighted by atomic mass is 10.3. The van der Waals surface area contributed by atoms with Gasteiger partial charge in [-0.1, -0.05) is 0 Å². The molecule has 0 bridgehead atoms. The lowest BCUT2D eigenvalue weighted by Crippen LogP contribution is -2.12. The number of oxazole rings is 1. The number of nitrogens with one attached hydrogen (secondary N) is 1. The van der Waals surface area contributed by atoms with Crippen molar-refractivity contribution in [2.75, 3.05) is 11.6 Å². The maximum absolute atomic E-state index is 11.6. The first-order valence-electron chi connectivity index (χ1n) is 4.96. The SMILES string of the molecule is CS(=O)(=O)c1ccc(NC(=O)c2cocn2)cc1. The van der Waals surface area contributed by atoms with Gasteiger partial charge in [0, 0.05) is 11.9 Å². The zero-order valence-electron chi connectivity index (χ0n) is 9.45. The van der Waals surface area contributed by atoms with Crippen LogP contribution in [0.2, 0.25) is 0 Å². The summed E-state index contributed by atoms with van der Waals surface area (Å²) in [4.78, 5) is 15.5. The monoisotopic (exact) mass is 266 g/mol. The number of rotatable bonds is 3. The smallest absolute Gasteiger partial charge is 0.277 e. The van der Waals surface area contributed by atoms with Gasteiger partial charge < -0.3 is 9.73 Å². The standard InChI is InChI=1S/C11H10N2O4S/c1-18(15,16)9-4-2-8(3-5-9)13-11(14)10-6-17-7-12-10/h2-7H,1H3,(H,13,14). The predicted octanol–water partition coefficient (Wildman–Crippen LogP) is 1.33. The molecule has 1 aromatic carbocycles. The van der Waals surface area contributed by atoms with Crippen LogP contribution in [0.5, 0.6) is 0 Å². The van der Waals surface area contributed by atoms with E-state index in [4.69, 9.17) is 0 Å². The molecule has 2 rings (SSSR count). The molecule has 0 atom stereocenters. The number of carbonyl (C=O) groups is 1. The van der Waals surface area contributed by atoms with Crippen molar-refractivity contribution in [1.29, 1.82) is 0 Å². The number of hydrogen-bond acceptors (Lipinski definition) is 5. The van der Waals surface area contributed by atoms with Gasteiger partial charge in [0.15, 0.2) is 21.9 Å². The zero-order valence-corrected chi connectivity index (χ0v) is 10.3. The van der Waals surface area contributed by atoms with Crippen molar-refractivity contribution < 1.29 is 17.6 Å². The second-order valence-electron chi connectivity index (χ2n) is 3.62. The van der Waals surface area contributed by atoms with Crippen LogP contribution in [-0.4, -0.2) is 25.6 Å². The Hall–Kier alpha value is -2.15. The summed E-state index contributed by atoms with van der Waals surface area (Å²) in [6.07, 6.45) is 3.50. The molecular formula is C11H10N2O4S. The maximum atomic E-state index is 11.6. The van der Waals surface area contributed by atoms with Gasteiger partial charge in [-0.2, -0.15) is 0 Å². The molecule has 0 radical (unpaired) electrons. The first kappa shape index (κ1) is 12.3. The number of sulfone groups is 1. The first-order chi connectivity index (χ1) is 8.47. The van der Waals surface area contributed by atoms with Crippen LogP contribution >= 0.6 is 0 Å². The van der Waals surface area contributed by atoms with Crippen LogP contribution in [0, 0.1) is 0 Å². The van der Waals surface area contributed by atoms with Crippen molar-refractivity contribution >= 4 is 21.4 Å². The zero-order chi connectivity index (χ0) is 13.2. The van der Waals surface area contributed by atoms with E-state index in [9.17, 15) is 13.2 Å². The minimum absolute atomic E-state index is 0.155. The molecule has 18 heavy (non-hydrogen) atoms. The summed E-state index contributed by atoms with van der Waals surface area (Å²) in [7, 11) is -3.23. The van der Waals surface area contributed by atoms with Gasteiger partial charge >= 0.3 is 0 Å². The summed E-state index contributed by atoms with van der Waals surface area (Å²) in [5.41, 5.74) is 0.637. The summed E-state index contributed by atoms with van der Waals surface area (Å²) < 4.78 is 27.2. The van der Waals surface area contributed by atoms with Crippen LogP contribution in [0.1, 0.15) is 10.5 Å². The third-order valence-corrected chi connectivity index (χ3v) is 3.33. The Morgan fingerprint density at radius 2 is 1.94 bits per heavy atom. The molecule has 0 aliphatic carbocycles. The van der Waals surface area contributed by atoms with E-state index in [0.717, 1.165) is 12.6 Å². The Labute approximate surface area is 104 Å². The van der Waals surface area contributed by atoms with Crippen LogP contribution in [0.4, 0.5) is 5.69 Å². The van der Waals surface area contributed by atoms with E-state index in [1.807, 2.05) is 0 Å². The minimum Gasteiger partial charge on any atom is -0.451 e. The van der Waals surface area contributed by atoms with Crippen molar-refractivity contribution in [2.45, 2.75) is 4.90 Å². The average molecular weight is 266 g/mol. The third kappa shape index (κ3) is 2.75. The second-order valence-corrected chi connectivity index (χ2v) is 5.64. The van der Waals surface area contributed by atoms with Gasteiger partial charge in [0.1, 0.15) is 6.26 Å². The Kier molecular flexibility index (Phi) is 3.15. The predicted molar refractivity (Wildman–Crippen MR) is 64.0 cm³/mol. The van der Waals surface area contributed by atoms with Crippen LogP contribution in [0.15, 0.2) is 46.2 Å². The highest BCUT2D eigenvalue weighted by Gasteiger charge is 2.10. The Bertz CT molecular complexity index is 645. The highest BCUT2D eigenvalue weighted by Crippen LogP contribution is 2.14. The molecule has 94 valence electrons. The Balaban J connectivity index is 2.14. The fourth-order valence-corrected chi connectivity index (χ4v) is 1.94. The number of nitrogens with zero attached hydrogens (tertiary/aromatic N) is 1. The summed E-state index contributed by atoms with van der Waals surface area (Å²) in [6.45, 7) is 0. The number of benzene rings is 1. The molecule has 1 aromatic heterocycles. The van der Waals surface area contributed by atoms with E-state index in [2.05, 4.69) is 14.7 Å². The molecule has 2 aromatic rings. The molecule has 0 aliphatic rings. The summed E-state index contributed by atoms with van der Waals surface area (Å²) >= 11 is 0. The molecule has 6 nitrogen and oxygen atoms in total. The highest BCUT2D eigenvalue weighted by atomic mass is 32.2. The fourth-order valence-electron chi connectivity index (χ4n) is 1.31. The Morgan fingerprint density at radius 1 is 1.28 bits per heavy atom. The molecule has 0 aliphatic heterocycles. The van der Waals surface area contributed by atoms with E-state index in [1.54, 1.807) is 0 Å². The minimum atomic E-state index is -3.23. The molecular weight excluding hydrogens is 256 g/mol. The van der Waals surface area contributed by atoms with Gasteiger partial charge in [-0.25, -0.2) is 13.4 Å². The van der Waals surface area contributed by atoms with Gasteiger partial charge in [-0.3, -0.25) is 4.79 Å². The van der Waals surface area contributed by atoms with Crippen molar-refractivity contribution in [2.24, 2.45) is 0 Å². The molecule has 1 N–H and O–H groups in total. The van der Waals surface area contributed by atoms with Crippen molar-refractivity contribution in [3.05, 3.63) is 42.6 Å². The Morgan fingerprint density at radius 3 is 2.44 bits per heavy atom. The quantitative estimate of drug-likeness (QED) is 0.905. The van der Waals surface area contributed by atoms with Crippen LogP contribution in [0.3, 0.4) is 0 Å². The van der Waals surface area contributed by atoms with E-state index < -0.39 is 15.7 Å². The molecule has 0 saturated heterocycles. The molecule has 7 heteroatoms. The van der Waals surface area contributed by atoms with E-state index >= 15 is 0 Å². The van der Waals surface area contributed by atoms with Gasteiger partial charge in [0.05, 0.1) is 4.90 Å². The molecule has 0 spiro atoms. The maximum Gasteiger partial charge on any atom is 0.277 e. The summed E-state index contributed by atoms with van der Waals surface area (Å²) in [5, 5.41) is 2.57. The normalized spacial score (nSPS) is 11.2.